The Bertz CT molecular complexity index is 408. The van der Waals surface area contributed by atoms with Gasteiger partial charge in [0.15, 0.2) is 0 Å². The number of anilines is 1. The Kier molecular flexibility index (Phi) is 5.51. The quantitative estimate of drug-likeness (QED) is 0.459. The van der Waals surface area contributed by atoms with E-state index in [1.165, 1.54) is 12.3 Å². The molecule has 0 aliphatic rings. The van der Waals surface area contributed by atoms with Crippen molar-refractivity contribution in [3.63, 3.8) is 0 Å². The summed E-state index contributed by atoms with van der Waals surface area (Å²) in [6.07, 6.45) is 2.38. The van der Waals surface area contributed by atoms with E-state index in [4.69, 9.17) is 4.74 Å². The second-order valence-electron chi connectivity index (χ2n) is 4.32. The number of aromatic nitrogens is 1. The summed E-state index contributed by atoms with van der Waals surface area (Å²) in [7, 11) is 0. The van der Waals surface area contributed by atoms with Gasteiger partial charge in [0.2, 0.25) is 0 Å². The van der Waals surface area contributed by atoms with Gasteiger partial charge in [-0.15, -0.1) is 0 Å². The van der Waals surface area contributed by atoms with E-state index in [9.17, 15) is 10.1 Å². The topological polar surface area (TPSA) is 77.3 Å². The van der Waals surface area contributed by atoms with Crippen molar-refractivity contribution in [1.29, 1.82) is 0 Å². The van der Waals surface area contributed by atoms with Crippen molar-refractivity contribution in [2.24, 2.45) is 0 Å². The summed E-state index contributed by atoms with van der Waals surface area (Å²) in [6.45, 7) is 7.22. The number of rotatable bonds is 7. The van der Waals surface area contributed by atoms with Crippen LogP contribution in [0.1, 0.15) is 25.8 Å². The number of ether oxygens (including phenoxy) is 1. The van der Waals surface area contributed by atoms with E-state index in [0.717, 1.165) is 18.5 Å². The molecule has 0 aromatic carbocycles. The maximum atomic E-state index is 10.6. The lowest BCUT2D eigenvalue weighted by molar-refractivity contribution is -0.385. The predicted octanol–water partition coefficient (Wildman–Crippen LogP) is 2.53. The average molecular weight is 253 g/mol. The first-order valence-corrected chi connectivity index (χ1v) is 5.97. The van der Waals surface area contributed by atoms with Gasteiger partial charge in [0, 0.05) is 19.2 Å². The molecule has 6 heteroatoms. The molecule has 6 nitrogen and oxygen atoms in total. The van der Waals surface area contributed by atoms with E-state index < -0.39 is 4.92 Å². The highest BCUT2D eigenvalue weighted by molar-refractivity contribution is 5.48. The molecule has 0 saturated heterocycles. The molecule has 1 aromatic rings. The summed E-state index contributed by atoms with van der Waals surface area (Å²) >= 11 is 0. The Morgan fingerprint density at radius 3 is 2.83 bits per heavy atom. The molecule has 0 atom stereocenters. The minimum Gasteiger partial charge on any atom is -0.379 e. The monoisotopic (exact) mass is 253 g/mol. The highest BCUT2D eigenvalue weighted by atomic mass is 16.6. The number of aryl methyl sites for hydroxylation is 1. The number of hydrogen-bond donors (Lipinski definition) is 1. The minimum absolute atomic E-state index is 0.0150. The number of nitrogens with zero attached hydrogens (tertiary/aromatic N) is 2. The van der Waals surface area contributed by atoms with Crippen LogP contribution in [0.25, 0.3) is 0 Å². The smallest absolute Gasteiger partial charge is 0.287 e. The van der Waals surface area contributed by atoms with Crippen LogP contribution < -0.4 is 5.32 Å². The van der Waals surface area contributed by atoms with E-state index in [1.54, 1.807) is 6.92 Å². The van der Waals surface area contributed by atoms with Crippen LogP contribution in [0.2, 0.25) is 0 Å². The van der Waals surface area contributed by atoms with E-state index in [2.05, 4.69) is 10.3 Å². The summed E-state index contributed by atoms with van der Waals surface area (Å²) in [4.78, 5) is 14.2. The molecule has 1 aromatic heterocycles. The Hall–Kier alpha value is -1.69. The molecule has 0 amide bonds. The SMILES string of the molecule is Cc1cc([N+](=O)[O-])cnc1NCCCOC(C)C. The standard InChI is InChI=1S/C12H19N3O3/c1-9(2)18-6-4-5-13-12-10(3)7-11(8-14-12)15(16)17/h7-9H,4-6H2,1-3H3,(H,13,14). The second kappa shape index (κ2) is 6.90. The number of hydrogen-bond acceptors (Lipinski definition) is 5. The molecular weight excluding hydrogens is 234 g/mol. The molecule has 0 bridgehead atoms. The molecule has 0 aliphatic heterocycles. The fraction of sp³-hybridized carbons (Fsp3) is 0.583. The molecule has 0 saturated carbocycles. The Morgan fingerprint density at radius 2 is 2.28 bits per heavy atom. The van der Waals surface area contributed by atoms with Crippen LogP contribution in [0.15, 0.2) is 12.3 Å². The molecule has 1 N–H and O–H groups in total. The van der Waals surface area contributed by atoms with E-state index in [0.29, 0.717) is 12.4 Å². The highest BCUT2D eigenvalue weighted by Crippen LogP contribution is 2.17. The van der Waals surface area contributed by atoms with Crippen molar-refractivity contribution in [3.8, 4) is 0 Å². The fourth-order valence-electron chi connectivity index (χ4n) is 1.44. The van der Waals surface area contributed by atoms with Crippen LogP contribution in [0.5, 0.6) is 0 Å². The van der Waals surface area contributed by atoms with Crippen LogP contribution in [0.3, 0.4) is 0 Å². The van der Waals surface area contributed by atoms with Gasteiger partial charge in [-0.25, -0.2) is 4.98 Å². The van der Waals surface area contributed by atoms with Crippen molar-refractivity contribution in [3.05, 3.63) is 27.9 Å². The third-order valence-corrected chi connectivity index (χ3v) is 2.34. The van der Waals surface area contributed by atoms with Crippen molar-refractivity contribution in [2.45, 2.75) is 33.3 Å². The Labute approximate surface area is 107 Å². The van der Waals surface area contributed by atoms with E-state index in [-0.39, 0.29) is 11.8 Å². The molecule has 0 fully saturated rings. The number of pyridine rings is 1. The van der Waals surface area contributed by atoms with Gasteiger partial charge < -0.3 is 10.1 Å². The summed E-state index contributed by atoms with van der Waals surface area (Å²) in [5.74, 6) is 0.685. The summed E-state index contributed by atoms with van der Waals surface area (Å²) < 4.78 is 5.41. The van der Waals surface area contributed by atoms with E-state index in [1.807, 2.05) is 13.8 Å². The van der Waals surface area contributed by atoms with Gasteiger partial charge >= 0.3 is 0 Å². The number of nitrogens with one attached hydrogen (secondary N) is 1. The molecule has 0 aliphatic carbocycles. The average Bonchev–Trinajstić information content (AvgIpc) is 2.29. The fourth-order valence-corrected chi connectivity index (χ4v) is 1.44. The molecule has 100 valence electrons. The second-order valence-corrected chi connectivity index (χ2v) is 4.32. The van der Waals surface area contributed by atoms with Gasteiger partial charge in [-0.2, -0.15) is 0 Å². The molecular formula is C12H19N3O3. The van der Waals surface area contributed by atoms with Crippen molar-refractivity contribution in [1.82, 2.24) is 4.98 Å². The van der Waals surface area contributed by atoms with Crippen molar-refractivity contribution < 1.29 is 9.66 Å². The maximum Gasteiger partial charge on any atom is 0.287 e. The molecule has 0 unspecified atom stereocenters. The van der Waals surface area contributed by atoms with Crippen LogP contribution >= 0.6 is 0 Å². The maximum absolute atomic E-state index is 10.6. The van der Waals surface area contributed by atoms with E-state index >= 15 is 0 Å². The first-order chi connectivity index (χ1) is 8.50. The largest absolute Gasteiger partial charge is 0.379 e. The first kappa shape index (κ1) is 14.4. The van der Waals surface area contributed by atoms with Gasteiger partial charge in [-0.05, 0) is 32.8 Å². The Morgan fingerprint density at radius 1 is 1.56 bits per heavy atom. The van der Waals surface area contributed by atoms with Gasteiger partial charge in [0.25, 0.3) is 5.69 Å². The van der Waals surface area contributed by atoms with Gasteiger partial charge in [0.05, 0.1) is 11.0 Å². The highest BCUT2D eigenvalue weighted by Gasteiger charge is 2.08. The normalized spacial score (nSPS) is 10.7. The lowest BCUT2D eigenvalue weighted by Gasteiger charge is -2.09. The van der Waals surface area contributed by atoms with Crippen molar-refractivity contribution >= 4 is 11.5 Å². The predicted molar refractivity (Wildman–Crippen MR) is 69.8 cm³/mol. The third kappa shape index (κ3) is 4.67. The molecule has 0 radical (unpaired) electrons. The molecule has 0 spiro atoms. The van der Waals surface area contributed by atoms with Crippen LogP contribution in [0, 0.1) is 17.0 Å². The third-order valence-electron chi connectivity index (χ3n) is 2.34. The zero-order chi connectivity index (χ0) is 13.5. The molecule has 1 rings (SSSR count). The van der Waals surface area contributed by atoms with Gasteiger partial charge in [-0.1, -0.05) is 0 Å². The minimum atomic E-state index is -0.444. The summed E-state index contributed by atoms with van der Waals surface area (Å²) in [6, 6.07) is 1.51. The lowest BCUT2D eigenvalue weighted by atomic mass is 10.2. The molecule has 1 heterocycles. The van der Waals surface area contributed by atoms with Crippen LogP contribution in [0.4, 0.5) is 11.5 Å². The lowest BCUT2D eigenvalue weighted by Crippen LogP contribution is -2.10. The molecule has 18 heavy (non-hydrogen) atoms. The van der Waals surface area contributed by atoms with Gasteiger partial charge in [-0.3, -0.25) is 10.1 Å². The summed E-state index contributed by atoms with van der Waals surface area (Å²) in [5.41, 5.74) is 0.787. The van der Waals surface area contributed by atoms with Crippen LogP contribution in [-0.4, -0.2) is 29.2 Å². The first-order valence-electron chi connectivity index (χ1n) is 5.97. The van der Waals surface area contributed by atoms with Crippen molar-refractivity contribution in [2.75, 3.05) is 18.5 Å². The zero-order valence-corrected chi connectivity index (χ0v) is 11.0. The Balaban J connectivity index is 2.41. The van der Waals surface area contributed by atoms with Crippen LogP contribution in [-0.2, 0) is 4.74 Å². The van der Waals surface area contributed by atoms with Gasteiger partial charge in [0.1, 0.15) is 12.0 Å². The summed E-state index contributed by atoms with van der Waals surface area (Å²) in [5, 5.41) is 13.7. The number of nitro groups is 1. The zero-order valence-electron chi connectivity index (χ0n) is 11.0.